The van der Waals surface area contributed by atoms with Gasteiger partial charge in [-0.05, 0) is 36.6 Å². The topological polar surface area (TPSA) is 121 Å². The minimum Gasteiger partial charge on any atom is -0.493 e. The summed E-state index contributed by atoms with van der Waals surface area (Å²) in [7, 11) is 4.46. The molecular weight excluding hydrogens is 464 g/mol. The van der Waals surface area contributed by atoms with Crippen molar-refractivity contribution in [2.24, 2.45) is 0 Å². The Balaban J connectivity index is 1.80. The number of ether oxygens (including phenoxy) is 2. The fourth-order valence-corrected chi connectivity index (χ4v) is 4.61. The molecule has 3 aromatic rings. The van der Waals surface area contributed by atoms with E-state index in [2.05, 4.69) is 10.6 Å². The van der Waals surface area contributed by atoms with E-state index in [0.29, 0.717) is 22.6 Å². The summed E-state index contributed by atoms with van der Waals surface area (Å²) in [6.07, 6.45) is 3.96. The van der Waals surface area contributed by atoms with Crippen LogP contribution in [0.3, 0.4) is 0 Å². The van der Waals surface area contributed by atoms with Gasteiger partial charge in [0.1, 0.15) is 6.54 Å². The van der Waals surface area contributed by atoms with Gasteiger partial charge in [0.05, 0.1) is 31.7 Å². The summed E-state index contributed by atoms with van der Waals surface area (Å²) >= 11 is 0. The van der Waals surface area contributed by atoms with Crippen molar-refractivity contribution in [3.63, 3.8) is 0 Å². The molecule has 2 amide bonds. The van der Waals surface area contributed by atoms with Crippen LogP contribution in [0.25, 0.3) is 10.9 Å². The fraction of sp³-hybridized carbons (Fsp3) is 0.385. The molecule has 1 aliphatic carbocycles. The smallest absolute Gasteiger partial charge is 0.332 e. The molecule has 10 heteroatoms. The number of hydrogen-bond acceptors (Lipinski definition) is 6. The molecular formula is C26H30N4O6. The van der Waals surface area contributed by atoms with E-state index < -0.39 is 11.2 Å². The number of aromatic nitrogens is 2. The van der Waals surface area contributed by atoms with Crippen LogP contribution in [0.1, 0.15) is 41.6 Å². The maximum Gasteiger partial charge on any atom is 0.332 e. The zero-order chi connectivity index (χ0) is 25.8. The Kier molecular flexibility index (Phi) is 7.42. The number of nitrogens with zero attached hydrogens (tertiary/aromatic N) is 2. The highest BCUT2D eigenvalue weighted by Crippen LogP contribution is 2.30. The van der Waals surface area contributed by atoms with Gasteiger partial charge in [0.2, 0.25) is 5.91 Å². The molecule has 10 nitrogen and oxygen atoms in total. The van der Waals surface area contributed by atoms with Gasteiger partial charge < -0.3 is 20.1 Å². The monoisotopic (exact) mass is 494 g/mol. The van der Waals surface area contributed by atoms with Crippen LogP contribution in [0.5, 0.6) is 11.5 Å². The molecule has 0 spiro atoms. The first kappa shape index (κ1) is 25.0. The second-order valence-electron chi connectivity index (χ2n) is 8.81. The van der Waals surface area contributed by atoms with Gasteiger partial charge in [-0.15, -0.1) is 0 Å². The lowest BCUT2D eigenvalue weighted by molar-refractivity contribution is -0.122. The Hall–Kier alpha value is -4.08. The highest BCUT2D eigenvalue weighted by Gasteiger charge is 2.21. The van der Waals surface area contributed by atoms with E-state index in [4.69, 9.17) is 9.47 Å². The van der Waals surface area contributed by atoms with Crippen molar-refractivity contribution >= 4 is 22.7 Å². The molecule has 36 heavy (non-hydrogen) atoms. The Labute approximate surface area is 207 Å². The third-order valence-electron chi connectivity index (χ3n) is 6.54. The number of hydrogen-bond donors (Lipinski definition) is 2. The highest BCUT2D eigenvalue weighted by atomic mass is 16.5. The van der Waals surface area contributed by atoms with Crippen LogP contribution in [0.4, 0.5) is 0 Å². The van der Waals surface area contributed by atoms with Crippen molar-refractivity contribution in [1.29, 1.82) is 0 Å². The normalized spacial score (nSPS) is 13.5. The van der Waals surface area contributed by atoms with Crippen LogP contribution >= 0.6 is 0 Å². The van der Waals surface area contributed by atoms with Crippen LogP contribution in [-0.4, -0.2) is 48.3 Å². The van der Waals surface area contributed by atoms with E-state index in [-0.39, 0.29) is 41.8 Å². The van der Waals surface area contributed by atoms with Crippen molar-refractivity contribution in [1.82, 2.24) is 19.8 Å². The molecule has 1 saturated carbocycles. The zero-order valence-electron chi connectivity index (χ0n) is 20.6. The van der Waals surface area contributed by atoms with Crippen LogP contribution in [-0.2, 0) is 17.9 Å². The van der Waals surface area contributed by atoms with Gasteiger partial charge in [0.25, 0.3) is 11.5 Å². The molecule has 4 rings (SSSR count). The number of fused-ring (bicyclic) bond motifs is 1. The lowest BCUT2D eigenvalue weighted by Gasteiger charge is -2.18. The SMILES string of the molecule is CNC(=O)c1ccc(Cn2c(=O)c3cc(OC)c(OC)cc3n(CC(=O)NC3CCCC3)c2=O)cc1. The molecule has 0 unspecified atom stereocenters. The third-order valence-corrected chi connectivity index (χ3v) is 6.54. The number of nitrogens with one attached hydrogen (secondary N) is 2. The summed E-state index contributed by atoms with van der Waals surface area (Å²) in [6.45, 7) is -0.266. The van der Waals surface area contributed by atoms with E-state index in [1.807, 2.05) is 0 Å². The Morgan fingerprint density at radius 3 is 2.22 bits per heavy atom. The van der Waals surface area contributed by atoms with E-state index in [9.17, 15) is 19.2 Å². The van der Waals surface area contributed by atoms with Gasteiger partial charge in [-0.3, -0.25) is 23.5 Å². The summed E-state index contributed by atoms with van der Waals surface area (Å²) in [5.74, 6) is 0.154. The lowest BCUT2D eigenvalue weighted by atomic mass is 10.1. The Bertz CT molecular complexity index is 1400. The predicted octanol–water partition coefficient (Wildman–Crippen LogP) is 1.65. The second-order valence-corrected chi connectivity index (χ2v) is 8.81. The van der Waals surface area contributed by atoms with Crippen molar-refractivity contribution < 1.29 is 19.1 Å². The predicted molar refractivity (Wildman–Crippen MR) is 135 cm³/mol. The summed E-state index contributed by atoms with van der Waals surface area (Å²) in [6, 6.07) is 9.79. The molecule has 1 fully saturated rings. The minimum absolute atomic E-state index is 0.0276. The molecule has 1 heterocycles. The van der Waals surface area contributed by atoms with E-state index in [1.54, 1.807) is 37.4 Å². The van der Waals surface area contributed by atoms with E-state index in [1.165, 1.54) is 24.9 Å². The summed E-state index contributed by atoms with van der Waals surface area (Å²) in [4.78, 5) is 51.7. The molecule has 2 N–H and O–H groups in total. The van der Waals surface area contributed by atoms with Gasteiger partial charge in [0, 0.05) is 24.7 Å². The first-order valence-corrected chi connectivity index (χ1v) is 11.9. The zero-order valence-corrected chi connectivity index (χ0v) is 20.6. The van der Waals surface area contributed by atoms with E-state index in [0.717, 1.165) is 30.3 Å². The maximum absolute atomic E-state index is 13.6. The van der Waals surface area contributed by atoms with Crippen LogP contribution in [0.2, 0.25) is 0 Å². The highest BCUT2D eigenvalue weighted by molar-refractivity contribution is 5.94. The molecule has 0 saturated heterocycles. The molecule has 2 aromatic carbocycles. The van der Waals surface area contributed by atoms with Crippen LogP contribution < -0.4 is 31.4 Å². The summed E-state index contributed by atoms with van der Waals surface area (Å²) in [5.41, 5.74) is 0.277. The molecule has 0 bridgehead atoms. The number of rotatable bonds is 8. The standard InChI is InChI=1S/C26H30N4O6/c1-27-24(32)17-10-8-16(9-11-17)14-30-25(33)19-12-21(35-2)22(36-3)13-20(19)29(26(30)34)15-23(31)28-18-6-4-5-7-18/h8-13,18H,4-7,14-15H2,1-3H3,(H,27,32)(H,28,31). The number of benzene rings is 2. The first-order valence-electron chi connectivity index (χ1n) is 11.9. The van der Waals surface area contributed by atoms with Crippen LogP contribution in [0, 0.1) is 0 Å². The van der Waals surface area contributed by atoms with Crippen molar-refractivity contribution in [3.05, 3.63) is 68.4 Å². The average molecular weight is 495 g/mol. The van der Waals surface area contributed by atoms with Gasteiger partial charge in [0.15, 0.2) is 11.5 Å². The fourth-order valence-electron chi connectivity index (χ4n) is 4.61. The molecule has 0 atom stereocenters. The number of methoxy groups -OCH3 is 2. The summed E-state index contributed by atoms with van der Waals surface area (Å²) < 4.78 is 13.1. The molecule has 0 radical (unpaired) electrons. The molecule has 0 aliphatic heterocycles. The first-order chi connectivity index (χ1) is 17.4. The second kappa shape index (κ2) is 10.7. The largest absolute Gasteiger partial charge is 0.493 e. The average Bonchev–Trinajstić information content (AvgIpc) is 3.41. The van der Waals surface area contributed by atoms with Gasteiger partial charge in [-0.25, -0.2) is 4.79 Å². The van der Waals surface area contributed by atoms with Gasteiger partial charge in [-0.1, -0.05) is 25.0 Å². The quantitative estimate of drug-likeness (QED) is 0.491. The number of carbonyl (C=O) groups excluding carboxylic acids is 2. The third kappa shape index (κ3) is 4.98. The summed E-state index contributed by atoms with van der Waals surface area (Å²) in [5, 5.41) is 5.77. The van der Waals surface area contributed by atoms with Gasteiger partial charge in [-0.2, -0.15) is 0 Å². The molecule has 190 valence electrons. The Morgan fingerprint density at radius 2 is 1.61 bits per heavy atom. The lowest BCUT2D eigenvalue weighted by Crippen LogP contribution is -2.44. The van der Waals surface area contributed by atoms with Crippen molar-refractivity contribution in [2.45, 2.75) is 44.8 Å². The van der Waals surface area contributed by atoms with Crippen LogP contribution in [0.15, 0.2) is 46.0 Å². The van der Waals surface area contributed by atoms with Crippen molar-refractivity contribution in [2.75, 3.05) is 21.3 Å². The van der Waals surface area contributed by atoms with Gasteiger partial charge >= 0.3 is 5.69 Å². The maximum atomic E-state index is 13.6. The number of carbonyl (C=O) groups is 2. The Morgan fingerprint density at radius 1 is 0.972 bits per heavy atom. The molecule has 1 aromatic heterocycles. The number of amides is 2. The van der Waals surface area contributed by atoms with E-state index >= 15 is 0 Å². The minimum atomic E-state index is -0.614. The van der Waals surface area contributed by atoms with Crippen molar-refractivity contribution in [3.8, 4) is 11.5 Å². The molecule has 1 aliphatic rings.